The van der Waals surface area contributed by atoms with Crippen molar-refractivity contribution in [3.05, 3.63) is 59.6 Å². The summed E-state index contributed by atoms with van der Waals surface area (Å²) in [6.07, 6.45) is 14.8. The van der Waals surface area contributed by atoms with E-state index in [9.17, 15) is 0 Å². The van der Waals surface area contributed by atoms with E-state index in [0.717, 1.165) is 43.0 Å². The van der Waals surface area contributed by atoms with Crippen LogP contribution in [0.2, 0.25) is 0 Å². The first-order chi connectivity index (χ1) is 12.0. The van der Waals surface area contributed by atoms with Crippen molar-refractivity contribution in [3.63, 3.8) is 0 Å². The monoisotopic (exact) mass is 348 g/mol. The molecule has 0 aliphatic carbocycles. The van der Waals surface area contributed by atoms with E-state index in [4.69, 9.17) is 14.2 Å². The lowest BCUT2D eigenvalue weighted by Crippen LogP contribution is -1.98. The summed E-state index contributed by atoms with van der Waals surface area (Å²) in [5.74, 6) is 0.521. The lowest BCUT2D eigenvalue weighted by molar-refractivity contribution is 0.122. The molecule has 0 aromatic carbocycles. The molecule has 0 bridgehead atoms. The third kappa shape index (κ3) is 14.3. The van der Waals surface area contributed by atoms with Gasteiger partial charge in [-0.3, -0.25) is 0 Å². The minimum absolute atomic E-state index is 0.521. The Balaban J connectivity index is 4.65. The molecular formula is C22H36O3. The van der Waals surface area contributed by atoms with Crippen LogP contribution >= 0.6 is 0 Å². The molecule has 142 valence electrons. The van der Waals surface area contributed by atoms with Crippen LogP contribution < -0.4 is 0 Å². The molecule has 0 spiro atoms. The van der Waals surface area contributed by atoms with Crippen LogP contribution in [-0.4, -0.2) is 26.4 Å². The van der Waals surface area contributed by atoms with E-state index in [-0.39, 0.29) is 0 Å². The van der Waals surface area contributed by atoms with Gasteiger partial charge in [0.15, 0.2) is 0 Å². The van der Waals surface area contributed by atoms with Gasteiger partial charge >= 0.3 is 0 Å². The maximum Gasteiger partial charge on any atom is 0.0896 e. The predicted molar refractivity (Wildman–Crippen MR) is 107 cm³/mol. The molecule has 0 aliphatic heterocycles. The summed E-state index contributed by atoms with van der Waals surface area (Å²) in [5, 5.41) is 0. The lowest BCUT2D eigenvalue weighted by atomic mass is 10.1. The second-order valence-corrected chi connectivity index (χ2v) is 6.29. The molecule has 25 heavy (non-hydrogen) atoms. The average Bonchev–Trinajstić information content (AvgIpc) is 2.57. The van der Waals surface area contributed by atoms with Gasteiger partial charge in [0.2, 0.25) is 0 Å². The molecule has 3 nitrogen and oxygen atoms in total. The first kappa shape index (κ1) is 23.3. The summed E-state index contributed by atoms with van der Waals surface area (Å²) in [7, 11) is 0. The van der Waals surface area contributed by atoms with Crippen molar-refractivity contribution in [2.45, 2.75) is 48.0 Å². The van der Waals surface area contributed by atoms with E-state index in [1.165, 1.54) is 0 Å². The van der Waals surface area contributed by atoms with Crippen LogP contribution in [0.1, 0.15) is 48.0 Å². The molecule has 0 atom stereocenters. The van der Waals surface area contributed by atoms with Gasteiger partial charge in [-0.1, -0.05) is 44.2 Å². The fourth-order valence-electron chi connectivity index (χ4n) is 1.79. The number of hydrogen-bond acceptors (Lipinski definition) is 3. The minimum atomic E-state index is 0.521. The quantitative estimate of drug-likeness (QED) is 0.233. The van der Waals surface area contributed by atoms with Crippen molar-refractivity contribution in [3.8, 4) is 0 Å². The highest BCUT2D eigenvalue weighted by Gasteiger charge is 1.97. The Labute approximate surface area is 154 Å². The summed E-state index contributed by atoms with van der Waals surface area (Å²) < 4.78 is 16.4. The largest absolute Gasteiger partial charge is 0.501 e. The van der Waals surface area contributed by atoms with Gasteiger partial charge < -0.3 is 14.2 Å². The smallest absolute Gasteiger partial charge is 0.0896 e. The molecule has 3 heteroatoms. The predicted octanol–water partition coefficient (Wildman–Crippen LogP) is 5.97. The van der Waals surface area contributed by atoms with Crippen LogP contribution in [0.4, 0.5) is 0 Å². The maximum atomic E-state index is 5.62. The molecule has 0 N–H and O–H groups in total. The lowest BCUT2D eigenvalue weighted by Gasteiger charge is -2.07. The second-order valence-electron chi connectivity index (χ2n) is 6.29. The van der Waals surface area contributed by atoms with Crippen molar-refractivity contribution in [2.24, 2.45) is 5.92 Å². The van der Waals surface area contributed by atoms with Crippen LogP contribution in [0, 0.1) is 5.92 Å². The molecule has 0 heterocycles. The van der Waals surface area contributed by atoms with E-state index in [0.29, 0.717) is 12.5 Å². The number of hydrogen-bond donors (Lipinski definition) is 0. The van der Waals surface area contributed by atoms with Crippen molar-refractivity contribution < 1.29 is 14.2 Å². The van der Waals surface area contributed by atoms with E-state index in [1.807, 2.05) is 39.2 Å². The molecule has 0 amide bonds. The molecule has 0 saturated carbocycles. The topological polar surface area (TPSA) is 27.7 Å². The van der Waals surface area contributed by atoms with E-state index in [2.05, 4.69) is 39.0 Å². The third-order valence-electron chi connectivity index (χ3n) is 3.16. The number of ether oxygens (including phenoxy) is 3. The highest BCUT2D eigenvalue weighted by molar-refractivity contribution is 5.42. The summed E-state index contributed by atoms with van der Waals surface area (Å²) >= 11 is 0. The zero-order chi connectivity index (χ0) is 18.9. The Hall–Kier alpha value is -1.74. The average molecular weight is 349 g/mol. The fourth-order valence-corrected chi connectivity index (χ4v) is 1.79. The number of allylic oxidation sites excluding steroid dienone is 8. The summed E-state index contributed by atoms with van der Waals surface area (Å²) in [6, 6.07) is 0. The van der Waals surface area contributed by atoms with E-state index >= 15 is 0 Å². The van der Waals surface area contributed by atoms with Gasteiger partial charge in [0.25, 0.3) is 0 Å². The van der Waals surface area contributed by atoms with Crippen molar-refractivity contribution in [1.82, 2.24) is 0 Å². The standard InChI is InChI=1S/C22H36O3/c1-7-9-11-22(21(6)18-25-16-19(3)4)13-12-20(5)17-24-15-10-14-23-8-2/h7,9,11-13,17-19H,8,10,14-16H2,1-6H3/b9-7-,13-12-,20-17+,21-18+,22-11+. The molecular weight excluding hydrogens is 312 g/mol. The van der Waals surface area contributed by atoms with Crippen LogP contribution in [0.25, 0.3) is 0 Å². The molecule has 0 saturated heterocycles. The Kier molecular flexibility index (Phi) is 14.7. The van der Waals surface area contributed by atoms with Gasteiger partial charge in [-0.25, -0.2) is 0 Å². The molecule has 0 radical (unpaired) electrons. The first-order valence-electron chi connectivity index (χ1n) is 9.17. The Morgan fingerprint density at radius 2 is 1.76 bits per heavy atom. The normalized spacial score (nSPS) is 14.1. The molecule has 0 unspecified atom stereocenters. The molecule has 0 aromatic rings. The second kappa shape index (κ2) is 15.8. The van der Waals surface area contributed by atoms with Crippen LogP contribution in [-0.2, 0) is 14.2 Å². The highest BCUT2D eigenvalue weighted by Crippen LogP contribution is 2.13. The Bertz CT molecular complexity index is 480. The summed E-state index contributed by atoms with van der Waals surface area (Å²) in [4.78, 5) is 0. The van der Waals surface area contributed by atoms with Gasteiger partial charge in [0.05, 0.1) is 25.7 Å². The molecule has 0 aliphatic rings. The molecule has 0 fully saturated rings. The summed E-state index contributed by atoms with van der Waals surface area (Å²) in [6.45, 7) is 15.3. The van der Waals surface area contributed by atoms with Crippen molar-refractivity contribution >= 4 is 0 Å². The fraction of sp³-hybridized carbons (Fsp3) is 0.545. The highest BCUT2D eigenvalue weighted by atomic mass is 16.5. The van der Waals surface area contributed by atoms with Crippen LogP contribution in [0.5, 0.6) is 0 Å². The molecule has 0 aromatic heterocycles. The van der Waals surface area contributed by atoms with Gasteiger partial charge in [0.1, 0.15) is 0 Å². The van der Waals surface area contributed by atoms with Crippen LogP contribution in [0.3, 0.4) is 0 Å². The SMILES string of the molecule is C\C=C/C=C(\C=C/C(C)=C/OCCCOCC)C(/C)=C/OCC(C)C. The zero-order valence-electron chi connectivity index (χ0n) is 16.9. The van der Waals surface area contributed by atoms with Gasteiger partial charge in [-0.15, -0.1) is 0 Å². The Morgan fingerprint density at radius 3 is 2.40 bits per heavy atom. The minimum Gasteiger partial charge on any atom is -0.501 e. The van der Waals surface area contributed by atoms with Crippen molar-refractivity contribution in [1.29, 1.82) is 0 Å². The van der Waals surface area contributed by atoms with Crippen molar-refractivity contribution in [2.75, 3.05) is 26.4 Å². The third-order valence-corrected chi connectivity index (χ3v) is 3.16. The van der Waals surface area contributed by atoms with Gasteiger partial charge in [-0.05, 0) is 50.3 Å². The van der Waals surface area contributed by atoms with Gasteiger partial charge in [-0.2, -0.15) is 0 Å². The number of rotatable bonds is 13. The summed E-state index contributed by atoms with van der Waals surface area (Å²) in [5.41, 5.74) is 3.28. The van der Waals surface area contributed by atoms with Gasteiger partial charge in [0, 0.05) is 19.6 Å². The Morgan fingerprint density at radius 1 is 1.00 bits per heavy atom. The first-order valence-corrected chi connectivity index (χ1v) is 9.17. The van der Waals surface area contributed by atoms with E-state index in [1.54, 1.807) is 6.26 Å². The van der Waals surface area contributed by atoms with Crippen LogP contribution in [0.15, 0.2) is 59.6 Å². The maximum absolute atomic E-state index is 5.62. The molecule has 0 rings (SSSR count). The zero-order valence-corrected chi connectivity index (χ0v) is 16.9. The van der Waals surface area contributed by atoms with E-state index < -0.39 is 0 Å².